The summed E-state index contributed by atoms with van der Waals surface area (Å²) < 4.78 is 18.6. The first-order chi connectivity index (χ1) is 19.1. The van der Waals surface area contributed by atoms with Crippen LogP contribution in [0.1, 0.15) is 56.4 Å². The highest BCUT2D eigenvalue weighted by Crippen LogP contribution is 2.26. The van der Waals surface area contributed by atoms with Crippen LogP contribution in [-0.4, -0.2) is 97.4 Å². The van der Waals surface area contributed by atoms with Gasteiger partial charge in [-0.25, -0.2) is 9.37 Å². The van der Waals surface area contributed by atoms with Gasteiger partial charge in [0.25, 0.3) is 5.91 Å². The number of aromatic nitrogens is 1. The van der Waals surface area contributed by atoms with Crippen molar-refractivity contribution in [3.05, 3.63) is 11.1 Å². The van der Waals surface area contributed by atoms with Gasteiger partial charge in [-0.05, 0) is 31.6 Å². The van der Waals surface area contributed by atoms with Crippen LogP contribution in [0.15, 0.2) is 10.4 Å². The standard InChI is InChI=1S/C26H40FN7O5S/c1-16(2)22(32-23(37)18-15-40-26(31-18)33-9-11-39-12-10-33)24(38)34-8-4-6-19(34)20(35)13-17(21(36)14-27)5-3-7-30-25(28)29/h15-17,19,22H,3-14H2,1-2H3,(H,32,37)(H4,28,29,30)/t17-,19+,22+/m1/s1. The zero-order valence-corrected chi connectivity index (χ0v) is 24.0. The molecule has 0 aromatic carbocycles. The van der Waals surface area contributed by atoms with Crippen LogP contribution >= 0.6 is 11.3 Å². The summed E-state index contributed by atoms with van der Waals surface area (Å²) in [5.74, 6) is -2.90. The molecular formula is C26H40FN7O5S. The number of anilines is 1. The van der Waals surface area contributed by atoms with E-state index in [9.17, 15) is 23.6 Å². The van der Waals surface area contributed by atoms with Gasteiger partial charge in [-0.2, -0.15) is 0 Å². The number of nitrogens with one attached hydrogen (secondary N) is 1. The Morgan fingerprint density at radius 2 is 1.95 bits per heavy atom. The fourth-order valence-electron chi connectivity index (χ4n) is 4.95. The molecule has 40 heavy (non-hydrogen) atoms. The van der Waals surface area contributed by atoms with Crippen molar-refractivity contribution in [3.63, 3.8) is 0 Å². The number of ether oxygens (including phenoxy) is 1. The Hall–Kier alpha value is -3.13. The summed E-state index contributed by atoms with van der Waals surface area (Å²) in [6, 6.07) is -1.59. The van der Waals surface area contributed by atoms with Crippen molar-refractivity contribution in [1.29, 1.82) is 0 Å². The lowest BCUT2D eigenvalue weighted by molar-refractivity contribution is -0.140. The first-order valence-electron chi connectivity index (χ1n) is 13.7. The third-order valence-corrected chi connectivity index (χ3v) is 8.07. The zero-order valence-electron chi connectivity index (χ0n) is 23.1. The number of carbonyl (C=O) groups is 4. The van der Waals surface area contributed by atoms with Gasteiger partial charge < -0.3 is 31.3 Å². The molecule has 0 radical (unpaired) electrons. The molecule has 3 heterocycles. The molecule has 3 rings (SSSR count). The summed E-state index contributed by atoms with van der Waals surface area (Å²) in [5, 5.41) is 5.21. The van der Waals surface area contributed by atoms with Crippen LogP contribution < -0.4 is 21.7 Å². The van der Waals surface area contributed by atoms with Crippen LogP contribution in [0.25, 0.3) is 0 Å². The predicted octanol–water partition coefficient (Wildman–Crippen LogP) is 0.893. The number of likely N-dealkylation sites (tertiary alicyclic amines) is 1. The van der Waals surface area contributed by atoms with Crippen LogP contribution in [0.2, 0.25) is 0 Å². The quantitative estimate of drug-likeness (QED) is 0.164. The van der Waals surface area contributed by atoms with E-state index >= 15 is 0 Å². The van der Waals surface area contributed by atoms with E-state index < -0.39 is 36.4 Å². The monoisotopic (exact) mass is 581 g/mol. The first kappa shape index (κ1) is 31.4. The number of hydrogen-bond donors (Lipinski definition) is 3. The molecule has 222 valence electrons. The van der Waals surface area contributed by atoms with E-state index in [-0.39, 0.29) is 48.6 Å². The molecule has 5 N–H and O–H groups in total. The van der Waals surface area contributed by atoms with Crippen molar-refractivity contribution in [2.75, 3.05) is 51.0 Å². The lowest BCUT2D eigenvalue weighted by atomic mass is 9.90. The summed E-state index contributed by atoms with van der Waals surface area (Å²) in [6.45, 7) is 5.69. The average molecular weight is 582 g/mol. The van der Waals surface area contributed by atoms with Crippen LogP contribution in [0.3, 0.4) is 0 Å². The SMILES string of the molecule is CC(C)[C@H](NC(=O)c1csc(N2CCOCC2)n1)C(=O)N1CCC[C@H]1C(=O)C[C@@H](CCCN=C(N)N)C(=O)CF. The topological polar surface area (TPSA) is 173 Å². The number of ketones is 2. The highest BCUT2D eigenvalue weighted by Gasteiger charge is 2.39. The van der Waals surface area contributed by atoms with Crippen molar-refractivity contribution >= 4 is 45.8 Å². The van der Waals surface area contributed by atoms with E-state index in [1.807, 2.05) is 13.8 Å². The van der Waals surface area contributed by atoms with E-state index in [1.165, 1.54) is 16.2 Å². The molecule has 0 unspecified atom stereocenters. The summed E-state index contributed by atoms with van der Waals surface area (Å²) in [6.07, 6.45) is 1.57. The number of thiazole rings is 1. The smallest absolute Gasteiger partial charge is 0.271 e. The summed E-state index contributed by atoms with van der Waals surface area (Å²) >= 11 is 1.36. The van der Waals surface area contributed by atoms with E-state index in [2.05, 4.69) is 20.2 Å². The van der Waals surface area contributed by atoms with Crippen molar-refractivity contribution < 1.29 is 28.3 Å². The number of hydrogen-bond acceptors (Lipinski definition) is 9. The lowest BCUT2D eigenvalue weighted by Gasteiger charge is -2.31. The highest BCUT2D eigenvalue weighted by atomic mass is 32.1. The number of aliphatic imine (C=N–C) groups is 1. The molecule has 3 atom stereocenters. The van der Waals surface area contributed by atoms with Gasteiger partial charge >= 0.3 is 0 Å². The van der Waals surface area contributed by atoms with Gasteiger partial charge in [0.2, 0.25) is 5.91 Å². The Labute approximate surface area is 237 Å². The van der Waals surface area contributed by atoms with Crippen molar-refractivity contribution in [2.45, 2.75) is 58.0 Å². The van der Waals surface area contributed by atoms with Gasteiger partial charge in [-0.15, -0.1) is 11.3 Å². The Bertz CT molecular complexity index is 1070. The Kier molecular flexibility index (Phi) is 11.8. The fourth-order valence-corrected chi connectivity index (χ4v) is 5.81. The molecular weight excluding hydrogens is 541 g/mol. The van der Waals surface area contributed by atoms with Crippen LogP contribution in [-0.2, 0) is 19.1 Å². The van der Waals surface area contributed by atoms with Gasteiger partial charge in [0.1, 0.15) is 18.4 Å². The minimum Gasteiger partial charge on any atom is -0.378 e. The number of Topliss-reactive ketones (excluding diaryl/α,β-unsaturated/α-hetero) is 2. The maximum absolute atomic E-state index is 13.6. The minimum absolute atomic E-state index is 0.0799. The second-order valence-electron chi connectivity index (χ2n) is 10.4. The maximum atomic E-state index is 13.6. The van der Waals surface area contributed by atoms with E-state index in [0.29, 0.717) is 52.1 Å². The molecule has 2 aliphatic heterocycles. The molecule has 0 saturated carbocycles. The highest BCUT2D eigenvalue weighted by molar-refractivity contribution is 7.13. The lowest BCUT2D eigenvalue weighted by Crippen LogP contribution is -2.54. The van der Waals surface area contributed by atoms with Crippen molar-refractivity contribution in [2.24, 2.45) is 28.3 Å². The third kappa shape index (κ3) is 8.43. The van der Waals surface area contributed by atoms with Crippen molar-refractivity contribution in [3.8, 4) is 0 Å². The number of morpholine rings is 1. The molecule has 2 fully saturated rings. The first-order valence-corrected chi connectivity index (χ1v) is 14.6. The molecule has 0 bridgehead atoms. The second-order valence-corrected chi connectivity index (χ2v) is 11.3. The molecule has 14 heteroatoms. The Morgan fingerprint density at radius 1 is 1.23 bits per heavy atom. The molecule has 0 spiro atoms. The molecule has 12 nitrogen and oxygen atoms in total. The third-order valence-electron chi connectivity index (χ3n) is 7.17. The number of halogens is 1. The molecule has 2 aliphatic rings. The Morgan fingerprint density at radius 3 is 2.60 bits per heavy atom. The molecule has 1 aromatic rings. The summed E-state index contributed by atoms with van der Waals surface area (Å²) in [7, 11) is 0. The maximum Gasteiger partial charge on any atom is 0.271 e. The van der Waals surface area contributed by atoms with Gasteiger partial charge in [0, 0.05) is 43.9 Å². The van der Waals surface area contributed by atoms with Crippen LogP contribution in [0.4, 0.5) is 9.52 Å². The second kappa shape index (κ2) is 15.0. The fraction of sp³-hybridized carbons (Fsp3) is 0.692. The largest absolute Gasteiger partial charge is 0.378 e. The number of rotatable bonds is 14. The van der Waals surface area contributed by atoms with Gasteiger partial charge in [-0.3, -0.25) is 24.2 Å². The normalized spacial score (nSPS) is 18.9. The summed E-state index contributed by atoms with van der Waals surface area (Å²) in [5.41, 5.74) is 10.9. The molecule has 2 saturated heterocycles. The molecule has 0 aliphatic carbocycles. The molecule has 2 amide bonds. The predicted molar refractivity (Wildman–Crippen MR) is 150 cm³/mol. The number of carbonyl (C=O) groups excluding carboxylic acids is 4. The number of amides is 2. The zero-order chi connectivity index (χ0) is 29.2. The van der Waals surface area contributed by atoms with Gasteiger partial charge in [0.15, 0.2) is 22.7 Å². The van der Waals surface area contributed by atoms with Crippen LogP contribution in [0.5, 0.6) is 0 Å². The number of nitrogens with zero attached hydrogens (tertiary/aromatic N) is 4. The van der Waals surface area contributed by atoms with Crippen LogP contribution in [0, 0.1) is 11.8 Å². The van der Waals surface area contributed by atoms with E-state index in [1.54, 1.807) is 5.38 Å². The molecule has 1 aromatic heterocycles. The minimum atomic E-state index is -1.17. The average Bonchev–Trinajstić information content (AvgIpc) is 3.63. The van der Waals surface area contributed by atoms with E-state index in [4.69, 9.17) is 16.2 Å². The number of alkyl halides is 1. The van der Waals surface area contributed by atoms with Gasteiger partial charge in [0.05, 0.1) is 19.3 Å². The van der Waals surface area contributed by atoms with Gasteiger partial charge in [-0.1, -0.05) is 13.8 Å². The Balaban J connectivity index is 1.64. The number of nitrogens with two attached hydrogens (primary N) is 2. The van der Waals surface area contributed by atoms with E-state index in [0.717, 1.165) is 5.13 Å². The van der Waals surface area contributed by atoms with Crippen molar-refractivity contribution in [1.82, 2.24) is 15.2 Å². The number of guanidine groups is 1. The summed E-state index contributed by atoms with van der Waals surface area (Å²) in [4.78, 5) is 64.0.